The fourth-order valence-corrected chi connectivity index (χ4v) is 10.7. The standard InChI is InChI=1S/C33H48O6/c1-20(18-38-23(4)34)9-8-10-21(2)24-11-13-31(6)26-17-25-28(22(3)29(36)39-25)33(14-12-27(35)37-7)19-32(26,33)16-15-30(24,31)5/h9,21,24-26,28H,3,8,10-19H2,1-2,4-7H3/b20-9+. The highest BCUT2D eigenvalue weighted by Crippen LogP contribution is 2.88. The maximum atomic E-state index is 12.7. The smallest absolute Gasteiger partial charge is 0.334 e. The van der Waals surface area contributed by atoms with Crippen LogP contribution >= 0.6 is 0 Å². The summed E-state index contributed by atoms with van der Waals surface area (Å²) in [6, 6.07) is 0. The van der Waals surface area contributed by atoms with Crippen LogP contribution in [0.5, 0.6) is 0 Å². The maximum absolute atomic E-state index is 12.7. The molecular formula is C33H48O6. The van der Waals surface area contributed by atoms with E-state index < -0.39 is 0 Å². The van der Waals surface area contributed by atoms with E-state index in [4.69, 9.17) is 14.2 Å². The summed E-state index contributed by atoms with van der Waals surface area (Å²) in [7, 11) is 1.46. The molecule has 0 N–H and O–H groups in total. The zero-order valence-electron chi connectivity index (χ0n) is 24.9. The van der Waals surface area contributed by atoms with Gasteiger partial charge in [0.1, 0.15) is 12.7 Å². The van der Waals surface area contributed by atoms with Crippen molar-refractivity contribution in [2.45, 2.75) is 105 Å². The van der Waals surface area contributed by atoms with E-state index in [0.29, 0.717) is 36.4 Å². The molecule has 1 heterocycles. The summed E-state index contributed by atoms with van der Waals surface area (Å²) in [5.74, 6) is 1.16. The number of rotatable bonds is 9. The second kappa shape index (κ2) is 9.76. The Morgan fingerprint density at radius 1 is 1.18 bits per heavy atom. The Labute approximate surface area is 234 Å². The van der Waals surface area contributed by atoms with Crippen molar-refractivity contribution in [1.29, 1.82) is 0 Å². The number of methoxy groups -OCH3 is 1. The molecule has 9 atom stereocenters. The summed E-state index contributed by atoms with van der Waals surface area (Å²) in [5.41, 5.74) is 2.26. The maximum Gasteiger partial charge on any atom is 0.334 e. The molecule has 0 aromatic heterocycles. The van der Waals surface area contributed by atoms with Gasteiger partial charge < -0.3 is 14.2 Å². The Hall–Kier alpha value is -2.11. The summed E-state index contributed by atoms with van der Waals surface area (Å²) >= 11 is 0. The molecule has 0 radical (unpaired) electrons. The van der Waals surface area contributed by atoms with Crippen molar-refractivity contribution < 1.29 is 28.6 Å². The molecule has 0 bridgehead atoms. The van der Waals surface area contributed by atoms with E-state index in [0.717, 1.165) is 37.7 Å². The number of hydrogen-bond acceptors (Lipinski definition) is 6. The Balaban J connectivity index is 1.36. The van der Waals surface area contributed by atoms with E-state index in [9.17, 15) is 14.4 Å². The predicted octanol–water partition coefficient (Wildman–Crippen LogP) is 6.58. The molecule has 6 nitrogen and oxygen atoms in total. The highest BCUT2D eigenvalue weighted by atomic mass is 16.6. The fourth-order valence-electron chi connectivity index (χ4n) is 10.7. The molecule has 1 aliphatic heterocycles. The number of esters is 3. The lowest BCUT2D eigenvalue weighted by molar-refractivity contribution is -0.158. The van der Waals surface area contributed by atoms with Crippen molar-refractivity contribution in [3.8, 4) is 0 Å². The van der Waals surface area contributed by atoms with Gasteiger partial charge in [-0.25, -0.2) is 4.79 Å². The molecule has 4 saturated carbocycles. The van der Waals surface area contributed by atoms with Crippen LogP contribution in [0.1, 0.15) is 98.8 Å². The molecule has 39 heavy (non-hydrogen) atoms. The Kier molecular flexibility index (Phi) is 7.12. The van der Waals surface area contributed by atoms with Crippen LogP contribution < -0.4 is 0 Å². The van der Waals surface area contributed by atoms with Gasteiger partial charge in [-0.2, -0.15) is 0 Å². The third-order valence-electron chi connectivity index (χ3n) is 12.8. The Morgan fingerprint density at radius 2 is 1.92 bits per heavy atom. The minimum atomic E-state index is -0.236. The first kappa shape index (κ1) is 28.4. The number of hydrogen-bond donors (Lipinski definition) is 0. The zero-order valence-corrected chi connectivity index (χ0v) is 24.9. The number of carbonyl (C=O) groups is 3. The van der Waals surface area contributed by atoms with Crippen molar-refractivity contribution in [3.63, 3.8) is 0 Å². The monoisotopic (exact) mass is 540 g/mol. The van der Waals surface area contributed by atoms with Gasteiger partial charge in [-0.05, 0) is 110 Å². The summed E-state index contributed by atoms with van der Waals surface area (Å²) in [6.07, 6.45) is 12.3. The molecule has 1 spiro atoms. The lowest BCUT2D eigenvalue weighted by Gasteiger charge is -2.61. The van der Waals surface area contributed by atoms with E-state index in [2.05, 4.69) is 33.4 Å². The van der Waals surface area contributed by atoms with E-state index >= 15 is 0 Å². The normalized spacial score (nSPS) is 43.0. The van der Waals surface area contributed by atoms with Crippen LogP contribution in [-0.4, -0.2) is 37.7 Å². The molecule has 5 aliphatic rings. The summed E-state index contributed by atoms with van der Waals surface area (Å²) in [4.78, 5) is 36.1. The van der Waals surface area contributed by atoms with Gasteiger partial charge >= 0.3 is 17.9 Å². The second-order valence-electron chi connectivity index (χ2n) is 14.2. The van der Waals surface area contributed by atoms with Crippen LogP contribution in [0.4, 0.5) is 0 Å². The number of carbonyl (C=O) groups excluding carboxylic acids is 3. The molecular weight excluding hydrogens is 492 g/mol. The van der Waals surface area contributed by atoms with Gasteiger partial charge in [-0.15, -0.1) is 0 Å². The molecule has 0 aromatic carbocycles. The lowest BCUT2D eigenvalue weighted by Crippen LogP contribution is -2.56. The van der Waals surface area contributed by atoms with E-state index in [1.165, 1.54) is 39.7 Å². The van der Waals surface area contributed by atoms with E-state index in [-0.39, 0.29) is 51.6 Å². The van der Waals surface area contributed by atoms with Gasteiger partial charge in [-0.3, -0.25) is 9.59 Å². The van der Waals surface area contributed by atoms with Crippen LogP contribution in [0, 0.1) is 45.3 Å². The number of ether oxygens (including phenoxy) is 3. The second-order valence-corrected chi connectivity index (χ2v) is 14.2. The predicted molar refractivity (Wildman–Crippen MR) is 148 cm³/mol. The summed E-state index contributed by atoms with van der Waals surface area (Å²) in [5, 5.41) is 0. The molecule has 5 rings (SSSR count). The van der Waals surface area contributed by atoms with Crippen molar-refractivity contribution in [2.75, 3.05) is 13.7 Å². The SMILES string of the molecule is C=C1C(=O)OC2CC3C4(C)CCC(C(C)CC/C=C(\C)COC(C)=O)C4(C)CCC34CC4(CCC(=O)OC)C12. The van der Waals surface area contributed by atoms with Gasteiger partial charge in [0.2, 0.25) is 0 Å². The summed E-state index contributed by atoms with van der Waals surface area (Å²) < 4.78 is 16.2. The summed E-state index contributed by atoms with van der Waals surface area (Å²) in [6.45, 7) is 15.6. The highest BCUT2D eigenvalue weighted by Gasteiger charge is 2.83. The van der Waals surface area contributed by atoms with Crippen LogP contribution in [0.25, 0.3) is 0 Å². The quantitative estimate of drug-likeness (QED) is 0.142. The molecule has 1 saturated heterocycles. The lowest BCUT2D eigenvalue weighted by atomic mass is 9.43. The van der Waals surface area contributed by atoms with Crippen molar-refractivity contribution in [2.24, 2.45) is 45.3 Å². The van der Waals surface area contributed by atoms with Gasteiger partial charge in [0.05, 0.1) is 7.11 Å². The number of fused-ring (bicyclic) bond motifs is 4. The van der Waals surface area contributed by atoms with Crippen molar-refractivity contribution >= 4 is 17.9 Å². The minimum absolute atomic E-state index is 0.0389. The van der Waals surface area contributed by atoms with Crippen LogP contribution in [0.3, 0.4) is 0 Å². The first-order valence-electron chi connectivity index (χ1n) is 15.1. The van der Waals surface area contributed by atoms with Crippen molar-refractivity contribution in [1.82, 2.24) is 0 Å². The van der Waals surface area contributed by atoms with E-state index in [1.54, 1.807) is 0 Å². The average Bonchev–Trinajstić information content (AvgIpc) is 3.34. The van der Waals surface area contributed by atoms with Crippen LogP contribution in [-0.2, 0) is 28.6 Å². The first-order valence-corrected chi connectivity index (χ1v) is 15.1. The van der Waals surface area contributed by atoms with Gasteiger partial charge in [0.15, 0.2) is 0 Å². The number of allylic oxidation sites excluding steroid dienone is 1. The highest BCUT2D eigenvalue weighted by molar-refractivity contribution is 5.91. The molecule has 5 fully saturated rings. The molecule has 0 amide bonds. The Bertz CT molecular complexity index is 1090. The third-order valence-corrected chi connectivity index (χ3v) is 12.8. The topological polar surface area (TPSA) is 78.9 Å². The largest absolute Gasteiger partial charge is 0.469 e. The molecule has 9 unspecified atom stereocenters. The van der Waals surface area contributed by atoms with Crippen molar-refractivity contribution in [3.05, 3.63) is 23.8 Å². The zero-order chi connectivity index (χ0) is 28.4. The molecule has 4 aliphatic carbocycles. The molecule has 6 heteroatoms. The van der Waals surface area contributed by atoms with Crippen LogP contribution in [0.2, 0.25) is 0 Å². The van der Waals surface area contributed by atoms with Gasteiger partial charge in [0, 0.05) is 24.8 Å². The third kappa shape index (κ3) is 4.13. The fraction of sp³-hybridized carbons (Fsp3) is 0.788. The van der Waals surface area contributed by atoms with Gasteiger partial charge in [0.25, 0.3) is 0 Å². The molecule has 216 valence electrons. The van der Waals surface area contributed by atoms with Gasteiger partial charge in [-0.1, -0.05) is 33.4 Å². The average molecular weight is 541 g/mol. The molecule has 0 aromatic rings. The Morgan fingerprint density at radius 3 is 2.62 bits per heavy atom. The first-order chi connectivity index (χ1) is 18.3. The van der Waals surface area contributed by atoms with E-state index in [1.807, 2.05) is 6.92 Å². The minimum Gasteiger partial charge on any atom is -0.469 e. The van der Waals surface area contributed by atoms with Crippen LogP contribution in [0.15, 0.2) is 23.8 Å².